The maximum absolute atomic E-state index is 14.2. The van der Waals surface area contributed by atoms with Crippen LogP contribution in [0.15, 0.2) is 12.1 Å². The molecule has 0 radical (unpaired) electrons. The van der Waals surface area contributed by atoms with Gasteiger partial charge in [-0.2, -0.15) is 0 Å². The van der Waals surface area contributed by atoms with Crippen LogP contribution in [0, 0.1) is 5.82 Å². The first kappa shape index (κ1) is 16.5. The fourth-order valence-electron chi connectivity index (χ4n) is 3.00. The average Bonchev–Trinajstić information content (AvgIpc) is 2.87. The molecule has 1 aromatic carbocycles. The van der Waals surface area contributed by atoms with Crippen molar-refractivity contribution in [2.75, 3.05) is 13.2 Å². The van der Waals surface area contributed by atoms with Gasteiger partial charge < -0.3 is 18.9 Å². The minimum atomic E-state index is -0.573. The van der Waals surface area contributed by atoms with Crippen molar-refractivity contribution < 1.29 is 23.3 Å². The lowest BCUT2D eigenvalue weighted by atomic mass is 9.99. The molecule has 0 aliphatic carbocycles. The van der Waals surface area contributed by atoms with Crippen LogP contribution in [-0.4, -0.2) is 31.2 Å². The summed E-state index contributed by atoms with van der Waals surface area (Å²) in [6.07, 6.45) is 3.39. The highest BCUT2D eigenvalue weighted by atomic mass is 19.1. The molecule has 3 rings (SSSR count). The molecule has 2 atom stereocenters. The predicted molar refractivity (Wildman–Crippen MR) is 84.4 cm³/mol. The fourth-order valence-corrected chi connectivity index (χ4v) is 3.00. The summed E-state index contributed by atoms with van der Waals surface area (Å²) >= 11 is 0. The van der Waals surface area contributed by atoms with E-state index in [0.29, 0.717) is 24.7 Å². The molecule has 0 saturated carbocycles. The number of hydrogen-bond acceptors (Lipinski definition) is 4. The second kappa shape index (κ2) is 6.65. The Bertz CT molecular complexity index is 558. The highest BCUT2D eigenvalue weighted by Gasteiger charge is 2.39. The number of halogens is 1. The number of benzene rings is 1. The molecule has 23 heavy (non-hydrogen) atoms. The molecule has 0 bridgehead atoms. The zero-order valence-electron chi connectivity index (χ0n) is 14.1. The quantitative estimate of drug-likeness (QED) is 0.771. The van der Waals surface area contributed by atoms with Crippen LogP contribution >= 0.6 is 0 Å². The van der Waals surface area contributed by atoms with E-state index in [0.717, 1.165) is 31.2 Å². The lowest BCUT2D eigenvalue weighted by molar-refractivity contribution is -0.149. The summed E-state index contributed by atoms with van der Waals surface area (Å²) in [5.74, 6) is -0.0311. The van der Waals surface area contributed by atoms with Gasteiger partial charge in [0.05, 0.1) is 13.2 Å². The molecule has 0 spiro atoms. The van der Waals surface area contributed by atoms with Crippen LogP contribution in [-0.2, 0) is 15.9 Å². The van der Waals surface area contributed by atoms with Crippen LogP contribution in [0.25, 0.3) is 0 Å². The molecule has 5 heteroatoms. The van der Waals surface area contributed by atoms with Crippen molar-refractivity contribution in [1.29, 1.82) is 0 Å². The van der Waals surface area contributed by atoms with Gasteiger partial charge in [-0.25, -0.2) is 4.39 Å². The summed E-state index contributed by atoms with van der Waals surface area (Å²) in [5.41, 5.74) is 0.993. The monoisotopic (exact) mass is 324 g/mol. The maximum atomic E-state index is 14.2. The van der Waals surface area contributed by atoms with Crippen molar-refractivity contribution in [2.45, 2.75) is 64.4 Å². The number of aryl methyl sites for hydroxylation is 1. The van der Waals surface area contributed by atoms with Crippen LogP contribution in [0.3, 0.4) is 0 Å². The Kier molecular flexibility index (Phi) is 4.78. The van der Waals surface area contributed by atoms with Gasteiger partial charge in [0.1, 0.15) is 18.0 Å². The highest BCUT2D eigenvalue weighted by Crippen LogP contribution is 2.36. The molecule has 4 nitrogen and oxygen atoms in total. The summed E-state index contributed by atoms with van der Waals surface area (Å²) < 4.78 is 37.1. The van der Waals surface area contributed by atoms with E-state index in [1.165, 1.54) is 6.07 Å². The van der Waals surface area contributed by atoms with Gasteiger partial charge in [0.2, 0.25) is 0 Å². The van der Waals surface area contributed by atoms with E-state index in [9.17, 15) is 4.39 Å². The number of hydrogen-bond donors (Lipinski definition) is 0. The van der Waals surface area contributed by atoms with Crippen LogP contribution in [0.5, 0.6) is 11.5 Å². The Morgan fingerprint density at radius 2 is 2.13 bits per heavy atom. The molecular formula is C18H25FO4. The Labute approximate surface area is 136 Å². The Hall–Kier alpha value is -1.33. The van der Waals surface area contributed by atoms with E-state index < -0.39 is 5.79 Å². The normalized spacial score (nSPS) is 25.7. The third-order valence-electron chi connectivity index (χ3n) is 4.29. The molecule has 0 unspecified atom stereocenters. The molecular weight excluding hydrogens is 299 g/mol. The first-order chi connectivity index (χ1) is 11.0. The summed E-state index contributed by atoms with van der Waals surface area (Å²) in [6.45, 7) is 6.91. The number of unbranched alkanes of at least 4 members (excludes halogenated alkanes) is 1. The van der Waals surface area contributed by atoms with Crippen LogP contribution in [0.1, 0.15) is 45.6 Å². The third-order valence-corrected chi connectivity index (χ3v) is 4.29. The minimum absolute atomic E-state index is 0.101. The van der Waals surface area contributed by atoms with Gasteiger partial charge in [-0.1, -0.05) is 13.3 Å². The summed E-state index contributed by atoms with van der Waals surface area (Å²) in [4.78, 5) is 0. The average molecular weight is 324 g/mol. The summed E-state index contributed by atoms with van der Waals surface area (Å²) in [5, 5.41) is 0. The minimum Gasteiger partial charge on any atom is -0.491 e. The molecule has 2 aliphatic heterocycles. The highest BCUT2D eigenvalue weighted by molar-refractivity contribution is 5.43. The predicted octanol–water partition coefficient (Wildman–Crippen LogP) is 3.85. The topological polar surface area (TPSA) is 36.9 Å². The molecule has 2 aliphatic rings. The Morgan fingerprint density at radius 3 is 2.83 bits per heavy atom. The zero-order valence-corrected chi connectivity index (χ0v) is 14.1. The van der Waals surface area contributed by atoms with E-state index in [1.54, 1.807) is 6.07 Å². The molecule has 0 N–H and O–H groups in total. The van der Waals surface area contributed by atoms with Gasteiger partial charge in [0.25, 0.3) is 0 Å². The third kappa shape index (κ3) is 3.78. The lowest BCUT2D eigenvalue weighted by Gasteiger charge is -2.30. The smallest absolute Gasteiger partial charge is 0.168 e. The summed E-state index contributed by atoms with van der Waals surface area (Å²) in [6, 6.07) is 3.20. The molecule has 1 aromatic rings. The first-order valence-electron chi connectivity index (χ1n) is 8.42. The van der Waals surface area contributed by atoms with Crippen molar-refractivity contribution in [1.82, 2.24) is 0 Å². The van der Waals surface area contributed by atoms with Crippen molar-refractivity contribution in [3.05, 3.63) is 23.5 Å². The molecule has 128 valence electrons. The number of ether oxygens (including phenoxy) is 4. The first-order valence-corrected chi connectivity index (χ1v) is 8.42. The fraction of sp³-hybridized carbons (Fsp3) is 0.667. The number of rotatable bonds is 5. The van der Waals surface area contributed by atoms with E-state index in [1.807, 2.05) is 13.8 Å². The van der Waals surface area contributed by atoms with Gasteiger partial charge in [-0.3, -0.25) is 0 Å². The van der Waals surface area contributed by atoms with Crippen molar-refractivity contribution in [3.63, 3.8) is 0 Å². The van der Waals surface area contributed by atoms with Crippen LogP contribution < -0.4 is 9.47 Å². The SMILES string of the molecule is CCCCOc1cc2c(cc1F)O[C@H]([C@@H]1COC(C)(C)O1)CC2. The van der Waals surface area contributed by atoms with Crippen molar-refractivity contribution in [3.8, 4) is 11.5 Å². The van der Waals surface area contributed by atoms with Crippen molar-refractivity contribution >= 4 is 0 Å². The van der Waals surface area contributed by atoms with Crippen molar-refractivity contribution in [2.24, 2.45) is 0 Å². The molecule has 1 saturated heterocycles. The van der Waals surface area contributed by atoms with Gasteiger partial charge >= 0.3 is 0 Å². The van der Waals surface area contributed by atoms with E-state index in [4.69, 9.17) is 18.9 Å². The van der Waals surface area contributed by atoms with Gasteiger partial charge in [-0.05, 0) is 44.7 Å². The van der Waals surface area contributed by atoms with E-state index in [-0.39, 0.29) is 18.0 Å². The molecule has 0 amide bonds. The lowest BCUT2D eigenvalue weighted by Crippen LogP contribution is -2.37. The van der Waals surface area contributed by atoms with E-state index >= 15 is 0 Å². The standard InChI is InChI=1S/C18H25FO4/c1-4-5-8-20-16-9-12-6-7-14(22-15(12)10-13(16)19)17-11-21-18(2,3)23-17/h9-10,14,17H,4-8,11H2,1-3H3/t14-,17-/m0/s1. The Balaban J connectivity index is 1.68. The summed E-state index contributed by atoms with van der Waals surface area (Å²) in [7, 11) is 0. The van der Waals surface area contributed by atoms with Gasteiger partial charge in [-0.15, -0.1) is 0 Å². The Morgan fingerprint density at radius 1 is 1.30 bits per heavy atom. The largest absolute Gasteiger partial charge is 0.491 e. The molecule has 2 heterocycles. The molecule has 1 fully saturated rings. The second-order valence-electron chi connectivity index (χ2n) is 6.65. The van der Waals surface area contributed by atoms with Crippen LogP contribution in [0.4, 0.5) is 4.39 Å². The van der Waals surface area contributed by atoms with Gasteiger partial charge in [0, 0.05) is 6.07 Å². The van der Waals surface area contributed by atoms with Crippen LogP contribution in [0.2, 0.25) is 0 Å². The van der Waals surface area contributed by atoms with Gasteiger partial charge in [0.15, 0.2) is 17.4 Å². The number of fused-ring (bicyclic) bond motifs is 1. The molecule has 0 aromatic heterocycles. The zero-order chi connectivity index (χ0) is 16.4. The van der Waals surface area contributed by atoms with E-state index in [2.05, 4.69) is 6.92 Å². The maximum Gasteiger partial charge on any atom is 0.168 e. The second-order valence-corrected chi connectivity index (χ2v) is 6.65.